The summed E-state index contributed by atoms with van der Waals surface area (Å²) in [6, 6.07) is 7.29. The number of amides is 1. The maximum Gasteiger partial charge on any atom is 0.416 e. The Morgan fingerprint density at radius 1 is 1.15 bits per heavy atom. The van der Waals surface area contributed by atoms with Crippen LogP contribution in [0.15, 0.2) is 41.2 Å². The molecule has 1 aromatic carbocycles. The van der Waals surface area contributed by atoms with Crippen LogP contribution in [0.25, 0.3) is 0 Å². The highest BCUT2D eigenvalue weighted by Gasteiger charge is 2.30. The molecule has 140 valence electrons. The van der Waals surface area contributed by atoms with Crippen molar-refractivity contribution in [1.82, 2.24) is 14.7 Å². The first-order valence-electron chi connectivity index (χ1n) is 8.22. The number of hydrogen-bond acceptors (Lipinski definition) is 3. The molecule has 2 aromatic rings. The van der Waals surface area contributed by atoms with Gasteiger partial charge in [0, 0.05) is 26.2 Å². The predicted octanol–water partition coefficient (Wildman–Crippen LogP) is 3.33. The van der Waals surface area contributed by atoms with E-state index in [0.717, 1.165) is 25.0 Å². The van der Waals surface area contributed by atoms with Crippen molar-refractivity contribution in [2.75, 3.05) is 7.05 Å². The summed E-state index contributed by atoms with van der Waals surface area (Å²) in [5.41, 5.74) is -0.330. The van der Waals surface area contributed by atoms with Gasteiger partial charge >= 0.3 is 6.18 Å². The molecule has 0 aliphatic rings. The van der Waals surface area contributed by atoms with E-state index in [4.69, 9.17) is 0 Å². The number of carbonyl (C=O) groups excluding carboxylic acids is 1. The molecule has 0 radical (unpaired) electrons. The number of benzene rings is 1. The van der Waals surface area contributed by atoms with E-state index in [1.807, 2.05) is 6.92 Å². The second kappa shape index (κ2) is 8.16. The molecule has 0 saturated carbocycles. The summed E-state index contributed by atoms with van der Waals surface area (Å²) < 4.78 is 39.0. The third-order valence-corrected chi connectivity index (χ3v) is 3.86. The number of unbranched alkanes of at least 4 members (excludes halogenated alkanes) is 1. The first-order valence-corrected chi connectivity index (χ1v) is 8.22. The Kier molecular flexibility index (Phi) is 6.18. The lowest BCUT2D eigenvalue weighted by molar-refractivity contribution is -0.137. The van der Waals surface area contributed by atoms with Crippen LogP contribution in [0.3, 0.4) is 0 Å². The van der Waals surface area contributed by atoms with Gasteiger partial charge in [-0.25, -0.2) is 4.68 Å². The molecule has 2 rings (SSSR count). The average Bonchev–Trinajstić information content (AvgIpc) is 2.60. The third-order valence-electron chi connectivity index (χ3n) is 3.86. The molecule has 1 aromatic heterocycles. The third kappa shape index (κ3) is 4.93. The van der Waals surface area contributed by atoms with Crippen molar-refractivity contribution < 1.29 is 18.0 Å². The topological polar surface area (TPSA) is 55.2 Å². The summed E-state index contributed by atoms with van der Waals surface area (Å²) in [4.78, 5) is 25.6. The fourth-order valence-corrected chi connectivity index (χ4v) is 2.37. The van der Waals surface area contributed by atoms with Crippen molar-refractivity contribution in [3.8, 4) is 0 Å². The van der Waals surface area contributed by atoms with Gasteiger partial charge in [-0.1, -0.05) is 25.5 Å². The quantitative estimate of drug-likeness (QED) is 0.787. The first-order chi connectivity index (χ1) is 12.2. The van der Waals surface area contributed by atoms with Crippen LogP contribution >= 0.6 is 0 Å². The molecular formula is C18H20F3N3O2. The fourth-order valence-electron chi connectivity index (χ4n) is 2.37. The fraction of sp³-hybridized carbons (Fsp3) is 0.389. The molecule has 0 aliphatic carbocycles. The summed E-state index contributed by atoms with van der Waals surface area (Å²) >= 11 is 0. The lowest BCUT2D eigenvalue weighted by Crippen LogP contribution is -2.31. The minimum absolute atomic E-state index is 0.120. The summed E-state index contributed by atoms with van der Waals surface area (Å²) in [5, 5.41) is 4.08. The molecule has 26 heavy (non-hydrogen) atoms. The smallest absolute Gasteiger partial charge is 0.336 e. The van der Waals surface area contributed by atoms with Crippen molar-refractivity contribution >= 4 is 5.91 Å². The van der Waals surface area contributed by atoms with Crippen LogP contribution in [0.5, 0.6) is 0 Å². The molecule has 0 N–H and O–H groups in total. The molecule has 0 fully saturated rings. The first kappa shape index (κ1) is 19.7. The van der Waals surface area contributed by atoms with E-state index in [9.17, 15) is 22.8 Å². The Morgan fingerprint density at radius 3 is 2.38 bits per heavy atom. The van der Waals surface area contributed by atoms with E-state index in [1.54, 1.807) is 0 Å². The van der Waals surface area contributed by atoms with E-state index in [1.165, 1.54) is 40.9 Å². The highest BCUT2D eigenvalue weighted by atomic mass is 19.4. The zero-order valence-corrected chi connectivity index (χ0v) is 14.6. The van der Waals surface area contributed by atoms with Gasteiger partial charge in [0.05, 0.1) is 5.56 Å². The Bertz CT molecular complexity index is 814. The molecule has 0 atom stereocenters. The normalized spacial score (nSPS) is 11.4. The molecular weight excluding hydrogens is 347 g/mol. The largest absolute Gasteiger partial charge is 0.416 e. The summed E-state index contributed by atoms with van der Waals surface area (Å²) in [5.74, 6) is -0.407. The van der Waals surface area contributed by atoms with Crippen LogP contribution in [0.4, 0.5) is 13.2 Å². The maximum absolute atomic E-state index is 12.6. The Hall–Kier alpha value is -2.64. The van der Waals surface area contributed by atoms with Crippen molar-refractivity contribution in [2.24, 2.45) is 0 Å². The summed E-state index contributed by atoms with van der Waals surface area (Å²) in [6.07, 6.45) is -2.73. The highest BCUT2D eigenvalue weighted by molar-refractivity contribution is 5.91. The second-order valence-corrected chi connectivity index (χ2v) is 5.99. The number of halogens is 3. The molecule has 8 heteroatoms. The summed E-state index contributed by atoms with van der Waals surface area (Å²) in [6.45, 7) is 2.55. The number of aryl methyl sites for hydroxylation is 1. The molecule has 0 saturated heterocycles. The Morgan fingerprint density at radius 2 is 1.81 bits per heavy atom. The van der Waals surface area contributed by atoms with E-state index in [0.29, 0.717) is 12.1 Å². The van der Waals surface area contributed by atoms with Crippen molar-refractivity contribution in [1.29, 1.82) is 0 Å². The van der Waals surface area contributed by atoms with Gasteiger partial charge in [0.1, 0.15) is 5.69 Å². The molecule has 5 nitrogen and oxygen atoms in total. The molecule has 1 heterocycles. The maximum atomic E-state index is 12.6. The van der Waals surface area contributed by atoms with Gasteiger partial charge in [0.25, 0.3) is 11.5 Å². The molecule has 1 amide bonds. The molecule has 0 aliphatic heterocycles. The van der Waals surface area contributed by atoms with Crippen LogP contribution in [0, 0.1) is 0 Å². The zero-order valence-electron chi connectivity index (χ0n) is 14.6. The molecule has 0 unspecified atom stereocenters. The zero-order chi connectivity index (χ0) is 19.3. The van der Waals surface area contributed by atoms with Gasteiger partial charge in [-0.05, 0) is 30.2 Å². The average molecular weight is 367 g/mol. The number of carbonyl (C=O) groups is 1. The number of rotatable bonds is 6. The van der Waals surface area contributed by atoms with E-state index < -0.39 is 17.6 Å². The van der Waals surface area contributed by atoms with Crippen LogP contribution < -0.4 is 5.56 Å². The van der Waals surface area contributed by atoms with Crippen molar-refractivity contribution in [3.05, 3.63) is 63.6 Å². The lowest BCUT2D eigenvalue weighted by Gasteiger charge is -2.17. The lowest BCUT2D eigenvalue weighted by atomic mass is 10.1. The minimum atomic E-state index is -4.39. The van der Waals surface area contributed by atoms with Crippen LogP contribution in [0.2, 0.25) is 0 Å². The SMILES string of the molecule is CCCCn1nc(C(=O)N(C)Cc2ccc(C(F)(F)F)cc2)ccc1=O. The minimum Gasteiger partial charge on any atom is -0.336 e. The standard InChI is InChI=1S/C18H20F3N3O2/c1-3-4-11-24-16(25)10-9-15(22-24)17(26)23(2)12-13-5-7-14(8-6-13)18(19,20)21/h5-10H,3-4,11-12H2,1-2H3. The molecule has 0 spiro atoms. The monoisotopic (exact) mass is 367 g/mol. The molecule has 0 bridgehead atoms. The van der Waals surface area contributed by atoms with E-state index >= 15 is 0 Å². The van der Waals surface area contributed by atoms with Gasteiger partial charge in [0.15, 0.2) is 0 Å². The highest BCUT2D eigenvalue weighted by Crippen LogP contribution is 2.29. The summed E-state index contributed by atoms with van der Waals surface area (Å²) in [7, 11) is 1.53. The Balaban J connectivity index is 2.11. The van der Waals surface area contributed by atoms with Gasteiger partial charge < -0.3 is 4.90 Å². The number of nitrogens with zero attached hydrogens (tertiary/aromatic N) is 3. The van der Waals surface area contributed by atoms with Gasteiger partial charge in [0.2, 0.25) is 0 Å². The van der Waals surface area contributed by atoms with E-state index in [2.05, 4.69) is 5.10 Å². The Labute approximate surface area is 149 Å². The van der Waals surface area contributed by atoms with Gasteiger partial charge in [-0.15, -0.1) is 0 Å². The van der Waals surface area contributed by atoms with Crippen LogP contribution in [-0.4, -0.2) is 27.6 Å². The number of hydrogen-bond donors (Lipinski definition) is 0. The number of aromatic nitrogens is 2. The second-order valence-electron chi connectivity index (χ2n) is 5.99. The predicted molar refractivity (Wildman–Crippen MR) is 90.6 cm³/mol. The van der Waals surface area contributed by atoms with Crippen LogP contribution in [0.1, 0.15) is 41.4 Å². The van der Waals surface area contributed by atoms with Crippen molar-refractivity contribution in [3.63, 3.8) is 0 Å². The van der Waals surface area contributed by atoms with Crippen molar-refractivity contribution in [2.45, 2.75) is 39.0 Å². The number of alkyl halides is 3. The van der Waals surface area contributed by atoms with Crippen LogP contribution in [-0.2, 0) is 19.3 Å². The van der Waals surface area contributed by atoms with Gasteiger partial charge in [-0.2, -0.15) is 18.3 Å². The van der Waals surface area contributed by atoms with E-state index in [-0.39, 0.29) is 17.8 Å². The van der Waals surface area contributed by atoms with Gasteiger partial charge in [-0.3, -0.25) is 9.59 Å².